The highest BCUT2D eigenvalue weighted by Crippen LogP contribution is 2.64. The van der Waals surface area contributed by atoms with Crippen molar-refractivity contribution in [3.8, 4) is 17.2 Å². The zero-order chi connectivity index (χ0) is 22.8. The first-order chi connectivity index (χ1) is 16.8. The minimum absolute atomic E-state index is 0.334. The van der Waals surface area contributed by atoms with E-state index >= 15 is 0 Å². The summed E-state index contributed by atoms with van der Waals surface area (Å²) in [6, 6.07) is 40.1. The second kappa shape index (κ2) is 6.79. The van der Waals surface area contributed by atoms with Crippen LogP contribution in [0.4, 0.5) is 11.4 Å². The second-order valence-corrected chi connectivity index (χ2v) is 9.06. The van der Waals surface area contributed by atoms with Gasteiger partial charge in [-0.1, -0.05) is 84.9 Å². The monoisotopic (exact) mass is 440 g/mol. The van der Waals surface area contributed by atoms with E-state index < -0.39 is 11.2 Å². The van der Waals surface area contributed by atoms with E-state index in [1.54, 1.807) is 0 Å². The number of para-hydroxylation sites is 2. The largest absolute Gasteiger partial charge is 0.335 e. The first kappa shape index (κ1) is 19.1. The van der Waals surface area contributed by atoms with Gasteiger partial charge in [-0.15, -0.1) is 0 Å². The maximum absolute atomic E-state index is 10.6. The smallest absolute Gasteiger partial charge is 0.265 e. The molecular formula is C29H22N5+. The molecule has 3 aliphatic rings. The molecule has 0 aromatic heterocycles. The van der Waals surface area contributed by atoms with Gasteiger partial charge in [0.25, 0.3) is 11.4 Å². The summed E-state index contributed by atoms with van der Waals surface area (Å²) < 4.78 is 0. The molecule has 4 aromatic carbocycles. The lowest BCUT2D eigenvalue weighted by Gasteiger charge is -2.44. The van der Waals surface area contributed by atoms with Crippen LogP contribution in [0.3, 0.4) is 0 Å². The van der Waals surface area contributed by atoms with E-state index in [2.05, 4.69) is 77.1 Å². The molecule has 2 aliphatic heterocycles. The zero-order valence-electron chi connectivity index (χ0n) is 18.5. The van der Waals surface area contributed by atoms with E-state index in [1.807, 2.05) is 53.3 Å². The molecule has 0 amide bonds. The summed E-state index contributed by atoms with van der Waals surface area (Å²) in [6.45, 7) is 0.572. The SMILES string of the molecule is N#C[C@@H]1CN(c2ccccc2)[C@@]23N=[N+](c4ccccc4)N[C@@]12c1ccccc1-c1ccccc13. The van der Waals surface area contributed by atoms with Crippen molar-refractivity contribution >= 4 is 11.4 Å². The van der Waals surface area contributed by atoms with Crippen LogP contribution in [0.25, 0.3) is 11.1 Å². The number of hydrogen-bond donors (Lipinski definition) is 1. The van der Waals surface area contributed by atoms with Crippen molar-refractivity contribution in [2.45, 2.75) is 11.2 Å². The molecule has 0 bridgehead atoms. The van der Waals surface area contributed by atoms with E-state index in [9.17, 15) is 5.26 Å². The van der Waals surface area contributed by atoms with Crippen LogP contribution in [-0.2, 0) is 11.2 Å². The van der Waals surface area contributed by atoms with Crippen molar-refractivity contribution in [2.75, 3.05) is 11.4 Å². The quantitative estimate of drug-likeness (QED) is 0.408. The molecule has 2 heterocycles. The van der Waals surface area contributed by atoms with Gasteiger partial charge in [-0.25, -0.2) is 0 Å². The number of nitrogens with zero attached hydrogens (tertiary/aromatic N) is 4. The normalized spacial score (nSPS) is 25.8. The third-order valence-corrected chi connectivity index (χ3v) is 7.52. The second-order valence-electron chi connectivity index (χ2n) is 9.06. The van der Waals surface area contributed by atoms with Gasteiger partial charge in [-0.05, 0) is 28.8 Å². The van der Waals surface area contributed by atoms with Gasteiger partial charge in [0.1, 0.15) is 5.92 Å². The number of rotatable bonds is 2. The number of benzene rings is 4. The number of anilines is 1. The van der Waals surface area contributed by atoms with Crippen molar-refractivity contribution in [3.05, 3.63) is 120 Å². The number of fused-ring (bicyclic) bond motifs is 3. The van der Waals surface area contributed by atoms with Crippen molar-refractivity contribution in [2.24, 2.45) is 11.0 Å². The Labute approximate surface area is 198 Å². The molecule has 1 aliphatic carbocycles. The molecule has 0 radical (unpaired) electrons. The zero-order valence-corrected chi connectivity index (χ0v) is 18.5. The molecular weight excluding hydrogens is 418 g/mol. The Morgan fingerprint density at radius 3 is 2.09 bits per heavy atom. The fourth-order valence-electron chi connectivity index (χ4n) is 6.19. The third kappa shape index (κ3) is 2.18. The van der Waals surface area contributed by atoms with Crippen LogP contribution in [0.2, 0.25) is 0 Å². The molecule has 5 nitrogen and oxygen atoms in total. The lowest BCUT2D eigenvalue weighted by atomic mass is 9.64. The summed E-state index contributed by atoms with van der Waals surface area (Å²) in [5.74, 6) is -0.334. The summed E-state index contributed by atoms with van der Waals surface area (Å²) in [5.41, 5.74) is 8.74. The van der Waals surface area contributed by atoms with Crippen molar-refractivity contribution in [1.82, 2.24) is 5.43 Å². The third-order valence-electron chi connectivity index (χ3n) is 7.52. The number of hydrogen-bond acceptors (Lipinski definition) is 4. The van der Waals surface area contributed by atoms with E-state index in [-0.39, 0.29) is 5.92 Å². The lowest BCUT2D eigenvalue weighted by molar-refractivity contribution is -0.570. The van der Waals surface area contributed by atoms with Gasteiger partial charge in [-0.2, -0.15) is 10.7 Å². The molecule has 1 fully saturated rings. The molecule has 34 heavy (non-hydrogen) atoms. The maximum Gasteiger partial charge on any atom is 0.265 e. The standard InChI is InChI=1S/C29H22N5/c30-19-21-20-33(22-11-3-1-4-12-22)29-27-18-10-8-16-25(27)24-15-7-9-17-26(24)28(21,29)31-34(32-29)23-13-5-2-6-14-23/h1-18,21H,20H2,(H,31,32)/q+1/t21-,28-,29-/m1/s1. The van der Waals surface area contributed by atoms with Crippen LogP contribution in [0, 0.1) is 17.2 Å². The Bertz CT molecular complexity index is 1490. The molecule has 0 spiro atoms. The van der Waals surface area contributed by atoms with Gasteiger partial charge >= 0.3 is 0 Å². The topological polar surface area (TPSA) is 54.4 Å². The summed E-state index contributed by atoms with van der Waals surface area (Å²) in [5, 5.41) is 16.0. The first-order valence-corrected chi connectivity index (χ1v) is 11.6. The van der Waals surface area contributed by atoms with Crippen LogP contribution < -0.4 is 10.3 Å². The number of nitriles is 1. The highest BCUT2D eigenvalue weighted by atomic mass is 15.7. The van der Waals surface area contributed by atoms with Crippen LogP contribution in [-0.4, -0.2) is 11.4 Å². The van der Waals surface area contributed by atoms with E-state index in [0.717, 1.165) is 33.6 Å². The van der Waals surface area contributed by atoms with E-state index in [0.29, 0.717) is 6.54 Å². The Balaban J connectivity index is 1.63. The predicted molar refractivity (Wildman–Crippen MR) is 130 cm³/mol. The minimum Gasteiger partial charge on any atom is -0.335 e. The molecule has 0 unspecified atom stereocenters. The van der Waals surface area contributed by atoms with Crippen molar-refractivity contribution in [3.63, 3.8) is 0 Å². The minimum atomic E-state index is -0.824. The maximum atomic E-state index is 10.6. The lowest BCUT2D eigenvalue weighted by Crippen LogP contribution is -2.59. The summed E-state index contributed by atoms with van der Waals surface area (Å²) in [7, 11) is 0. The Hall–Kier alpha value is -4.43. The fraction of sp³-hybridized carbons (Fsp3) is 0.138. The highest BCUT2D eigenvalue weighted by Gasteiger charge is 2.77. The highest BCUT2D eigenvalue weighted by molar-refractivity contribution is 5.80. The summed E-state index contributed by atoms with van der Waals surface area (Å²) >= 11 is 0. The van der Waals surface area contributed by atoms with E-state index in [1.165, 1.54) is 0 Å². The molecule has 1 N–H and O–H groups in total. The molecule has 3 atom stereocenters. The van der Waals surface area contributed by atoms with Gasteiger partial charge in [0.05, 0.1) is 6.07 Å². The molecule has 7 rings (SSSR count). The number of azo groups is 1. The van der Waals surface area contributed by atoms with Crippen LogP contribution >= 0.6 is 0 Å². The van der Waals surface area contributed by atoms with Gasteiger partial charge in [0.15, 0.2) is 5.54 Å². The van der Waals surface area contributed by atoms with Crippen molar-refractivity contribution < 1.29 is 4.81 Å². The Morgan fingerprint density at radius 2 is 1.38 bits per heavy atom. The van der Waals surface area contributed by atoms with Crippen molar-refractivity contribution in [1.29, 1.82) is 5.26 Å². The van der Waals surface area contributed by atoms with Crippen LogP contribution in [0.1, 0.15) is 11.1 Å². The van der Waals surface area contributed by atoms with Gasteiger partial charge in [0.2, 0.25) is 0 Å². The van der Waals surface area contributed by atoms with E-state index in [4.69, 9.17) is 5.11 Å². The first-order valence-electron chi connectivity index (χ1n) is 11.6. The summed E-state index contributed by atoms with van der Waals surface area (Å²) in [6.07, 6.45) is 0. The average molecular weight is 441 g/mol. The van der Waals surface area contributed by atoms with Gasteiger partial charge in [-0.3, -0.25) is 0 Å². The molecule has 4 aromatic rings. The van der Waals surface area contributed by atoms with Gasteiger partial charge < -0.3 is 4.90 Å². The number of nitrogens with one attached hydrogen (secondary N) is 1. The Morgan fingerprint density at radius 1 is 0.794 bits per heavy atom. The Kier molecular flexibility index (Phi) is 3.81. The van der Waals surface area contributed by atoms with Crippen LogP contribution in [0.5, 0.6) is 0 Å². The number of hydrazine groups is 1. The molecule has 0 saturated carbocycles. The summed E-state index contributed by atoms with van der Waals surface area (Å²) in [4.78, 5) is 4.21. The average Bonchev–Trinajstić information content (AvgIpc) is 3.42. The van der Waals surface area contributed by atoms with Crippen LogP contribution in [0.15, 0.2) is 114 Å². The molecule has 1 saturated heterocycles. The fourth-order valence-corrected chi connectivity index (χ4v) is 6.19. The molecule has 162 valence electrons. The predicted octanol–water partition coefficient (Wildman–Crippen LogP) is 5.69. The van der Waals surface area contributed by atoms with Gasteiger partial charge in [0, 0.05) is 39.8 Å². The molecule has 5 heteroatoms.